The number of urea groups is 1. The van der Waals surface area contributed by atoms with Crippen molar-refractivity contribution >= 4 is 23.5 Å². The van der Waals surface area contributed by atoms with Crippen LogP contribution in [0.5, 0.6) is 5.75 Å². The Labute approximate surface area is 167 Å². The zero-order valence-corrected chi connectivity index (χ0v) is 17.0. The van der Waals surface area contributed by atoms with Crippen molar-refractivity contribution in [2.24, 2.45) is 0 Å². The van der Waals surface area contributed by atoms with Crippen LogP contribution >= 0.6 is 0 Å². The Hall–Kier alpha value is -2.66. The number of anilines is 2. The van der Waals surface area contributed by atoms with Gasteiger partial charge in [-0.15, -0.1) is 0 Å². The smallest absolute Gasteiger partial charge is 0.323 e. The zero-order chi connectivity index (χ0) is 18.9. The summed E-state index contributed by atoms with van der Waals surface area (Å²) in [5.74, 6) is 0.758. The van der Waals surface area contributed by atoms with Crippen molar-refractivity contribution in [2.45, 2.75) is 20.8 Å². The zero-order valence-electron chi connectivity index (χ0n) is 16.3. The molecule has 146 valence electrons. The van der Waals surface area contributed by atoms with E-state index in [9.17, 15) is 4.79 Å². The molecule has 6 heteroatoms. The fourth-order valence-corrected chi connectivity index (χ4v) is 2.74. The van der Waals surface area contributed by atoms with Crippen LogP contribution < -0.4 is 32.7 Å². The van der Waals surface area contributed by atoms with Gasteiger partial charge in [-0.1, -0.05) is 18.2 Å². The summed E-state index contributed by atoms with van der Waals surface area (Å²) in [6.07, 6.45) is 3.40. The second-order valence-corrected chi connectivity index (χ2v) is 5.85. The van der Waals surface area contributed by atoms with Crippen LogP contribution in [0.25, 0.3) is 6.08 Å². The average Bonchev–Trinajstić information content (AvgIpc) is 2.65. The van der Waals surface area contributed by atoms with Crippen LogP contribution in [0.15, 0.2) is 48.7 Å². The fourth-order valence-electron chi connectivity index (χ4n) is 2.74. The molecule has 0 spiro atoms. The van der Waals surface area contributed by atoms with Gasteiger partial charge in [-0.25, -0.2) is 4.79 Å². The number of para-hydroxylation sites is 1. The summed E-state index contributed by atoms with van der Waals surface area (Å²) in [6, 6.07) is 13.4. The molecular formula is C21H27ClN3O2-. The lowest BCUT2D eigenvalue weighted by Crippen LogP contribution is -3.00. The molecule has 0 aromatic heterocycles. The maximum absolute atomic E-state index is 12.1. The topological polar surface area (TPSA) is 53.6 Å². The highest BCUT2D eigenvalue weighted by Gasteiger charge is 2.07. The van der Waals surface area contributed by atoms with Gasteiger partial charge in [0.2, 0.25) is 0 Å². The molecule has 0 saturated heterocycles. The van der Waals surface area contributed by atoms with E-state index in [2.05, 4.69) is 35.4 Å². The Morgan fingerprint density at radius 3 is 2.48 bits per heavy atom. The second-order valence-electron chi connectivity index (χ2n) is 5.85. The molecule has 0 aliphatic rings. The molecule has 0 atom stereocenters. The minimum absolute atomic E-state index is 0. The predicted molar refractivity (Wildman–Crippen MR) is 109 cm³/mol. The number of hydrogen-bond acceptors (Lipinski definition) is 3. The molecule has 5 nitrogen and oxygen atoms in total. The number of carbonyl (C=O) groups excluding carboxylic acids is 1. The minimum atomic E-state index is -0.283. The Bertz CT molecular complexity index is 774. The van der Waals surface area contributed by atoms with Crippen molar-refractivity contribution in [1.29, 1.82) is 0 Å². The summed E-state index contributed by atoms with van der Waals surface area (Å²) in [6.45, 7) is 8.17. The first kappa shape index (κ1) is 22.4. The van der Waals surface area contributed by atoms with Gasteiger partial charge in [0.25, 0.3) is 0 Å². The number of hydrogen-bond donors (Lipinski definition) is 2. The number of amides is 2. The van der Waals surface area contributed by atoms with Crippen LogP contribution in [0, 0.1) is 6.92 Å². The Kier molecular flexibility index (Phi) is 9.23. The number of ether oxygens (including phenoxy) is 1. The standard InChI is InChI=1S/C21H27N3O2.ClH/c1-5-24(6-2)18-11-12-19(16(3)15-18)23-21(25)22-14-13-17-9-7-8-10-20(17)26-4;/h7-15H,5-6H2,1-4H3,(H2,22,23,25);1H/p-1/b14-13+;. The number of nitrogens with one attached hydrogen (secondary N) is 2. The van der Waals surface area contributed by atoms with Gasteiger partial charge in [0.15, 0.2) is 0 Å². The molecule has 2 amide bonds. The normalized spacial score (nSPS) is 10.2. The number of rotatable bonds is 7. The fraction of sp³-hybridized carbons (Fsp3) is 0.286. The number of methoxy groups -OCH3 is 1. The van der Waals surface area contributed by atoms with Gasteiger partial charge in [-0.3, -0.25) is 0 Å². The van der Waals surface area contributed by atoms with E-state index in [1.165, 1.54) is 0 Å². The van der Waals surface area contributed by atoms with Gasteiger partial charge < -0.3 is 32.7 Å². The highest BCUT2D eigenvalue weighted by Crippen LogP contribution is 2.22. The maximum Gasteiger partial charge on any atom is 0.323 e. The van der Waals surface area contributed by atoms with E-state index in [4.69, 9.17) is 4.74 Å². The minimum Gasteiger partial charge on any atom is -1.00 e. The van der Waals surface area contributed by atoms with E-state index >= 15 is 0 Å². The molecule has 2 aromatic carbocycles. The summed E-state index contributed by atoms with van der Waals surface area (Å²) in [5.41, 5.74) is 3.88. The number of aryl methyl sites for hydroxylation is 1. The molecule has 2 rings (SSSR count). The van der Waals surface area contributed by atoms with Gasteiger partial charge in [0.1, 0.15) is 5.75 Å². The quantitative estimate of drug-likeness (QED) is 0.758. The van der Waals surface area contributed by atoms with Gasteiger partial charge in [0, 0.05) is 36.2 Å². The third-order valence-electron chi connectivity index (χ3n) is 4.20. The third-order valence-corrected chi connectivity index (χ3v) is 4.20. The first-order chi connectivity index (χ1) is 12.6. The Morgan fingerprint density at radius 1 is 1.15 bits per heavy atom. The summed E-state index contributed by atoms with van der Waals surface area (Å²) in [7, 11) is 1.62. The summed E-state index contributed by atoms with van der Waals surface area (Å²) in [4.78, 5) is 14.4. The van der Waals surface area contributed by atoms with E-state index in [0.717, 1.165) is 41.3 Å². The van der Waals surface area contributed by atoms with Crippen molar-refractivity contribution < 1.29 is 21.9 Å². The average molecular weight is 389 g/mol. The molecule has 0 fully saturated rings. The van der Waals surface area contributed by atoms with Crippen LogP contribution in [-0.4, -0.2) is 26.2 Å². The SMILES string of the molecule is CCN(CC)c1ccc(NC(=O)N/C=C/c2ccccc2OC)c(C)c1.[Cl-]. The molecule has 27 heavy (non-hydrogen) atoms. The summed E-state index contributed by atoms with van der Waals surface area (Å²) in [5, 5.41) is 5.60. The van der Waals surface area contributed by atoms with Crippen LogP contribution in [-0.2, 0) is 0 Å². The van der Waals surface area contributed by atoms with Crippen molar-refractivity contribution in [1.82, 2.24) is 5.32 Å². The second kappa shape index (κ2) is 11.1. The Morgan fingerprint density at radius 2 is 1.85 bits per heavy atom. The lowest BCUT2D eigenvalue weighted by atomic mass is 10.1. The molecule has 0 bridgehead atoms. The molecule has 0 unspecified atom stereocenters. The number of nitrogens with zero attached hydrogens (tertiary/aromatic N) is 1. The lowest BCUT2D eigenvalue weighted by Gasteiger charge is -2.22. The summed E-state index contributed by atoms with van der Waals surface area (Å²) >= 11 is 0. The number of carbonyl (C=O) groups is 1. The molecule has 2 N–H and O–H groups in total. The highest BCUT2D eigenvalue weighted by molar-refractivity contribution is 5.91. The van der Waals surface area contributed by atoms with E-state index in [1.807, 2.05) is 43.3 Å². The largest absolute Gasteiger partial charge is 1.00 e. The number of benzene rings is 2. The predicted octanol–water partition coefficient (Wildman–Crippen LogP) is 1.65. The van der Waals surface area contributed by atoms with Crippen molar-refractivity contribution in [3.05, 3.63) is 59.8 Å². The first-order valence-electron chi connectivity index (χ1n) is 8.81. The van der Waals surface area contributed by atoms with Gasteiger partial charge >= 0.3 is 6.03 Å². The monoisotopic (exact) mass is 388 g/mol. The van der Waals surface area contributed by atoms with Crippen LogP contribution in [0.1, 0.15) is 25.0 Å². The van der Waals surface area contributed by atoms with Crippen molar-refractivity contribution in [2.75, 3.05) is 30.4 Å². The van der Waals surface area contributed by atoms with Gasteiger partial charge in [0.05, 0.1) is 7.11 Å². The summed E-state index contributed by atoms with van der Waals surface area (Å²) < 4.78 is 5.28. The van der Waals surface area contributed by atoms with E-state index in [-0.39, 0.29) is 18.4 Å². The van der Waals surface area contributed by atoms with Crippen LogP contribution in [0.3, 0.4) is 0 Å². The first-order valence-corrected chi connectivity index (χ1v) is 8.81. The van der Waals surface area contributed by atoms with Gasteiger partial charge in [-0.2, -0.15) is 0 Å². The van der Waals surface area contributed by atoms with E-state index < -0.39 is 0 Å². The number of halogens is 1. The van der Waals surface area contributed by atoms with Gasteiger partial charge in [-0.05, 0) is 56.7 Å². The lowest BCUT2D eigenvalue weighted by molar-refractivity contribution is -0.00000878. The van der Waals surface area contributed by atoms with Crippen molar-refractivity contribution in [3.63, 3.8) is 0 Å². The molecule has 0 aliphatic carbocycles. The third kappa shape index (κ3) is 6.22. The van der Waals surface area contributed by atoms with Crippen LogP contribution in [0.4, 0.5) is 16.2 Å². The molecule has 0 heterocycles. The maximum atomic E-state index is 12.1. The highest BCUT2D eigenvalue weighted by atomic mass is 35.5. The molecule has 0 aliphatic heterocycles. The molecule has 0 saturated carbocycles. The molecule has 2 aromatic rings. The Balaban J connectivity index is 0.00000364. The van der Waals surface area contributed by atoms with Crippen molar-refractivity contribution in [3.8, 4) is 5.75 Å². The van der Waals surface area contributed by atoms with E-state index in [0.29, 0.717) is 0 Å². The van der Waals surface area contributed by atoms with E-state index in [1.54, 1.807) is 19.4 Å². The molecular weight excluding hydrogens is 362 g/mol. The molecule has 0 radical (unpaired) electrons. The van der Waals surface area contributed by atoms with Crippen LogP contribution in [0.2, 0.25) is 0 Å².